The molecule has 0 N–H and O–H groups in total. The van der Waals surface area contributed by atoms with Gasteiger partial charge in [-0.1, -0.05) is 31.4 Å². The number of carbonyl (C=O) groups excluding carboxylic acids is 2. The Labute approximate surface area is 149 Å². The van der Waals surface area contributed by atoms with Gasteiger partial charge in [-0.3, -0.25) is 4.79 Å². The summed E-state index contributed by atoms with van der Waals surface area (Å²) in [5.41, 5.74) is 2.10. The lowest BCUT2D eigenvalue weighted by atomic mass is 9.84. The molecule has 136 valence electrons. The van der Waals surface area contributed by atoms with Gasteiger partial charge in [-0.25, -0.2) is 4.79 Å². The van der Waals surface area contributed by atoms with Gasteiger partial charge in [-0.05, 0) is 43.4 Å². The first-order chi connectivity index (χ1) is 12.2. The Hall–Kier alpha value is -2.04. The number of amides is 2. The smallest absolute Gasteiger partial charge is 0.409 e. The highest BCUT2D eigenvalue weighted by Crippen LogP contribution is 2.32. The van der Waals surface area contributed by atoms with Gasteiger partial charge in [0.1, 0.15) is 0 Å². The zero-order chi connectivity index (χ0) is 17.6. The highest BCUT2D eigenvalue weighted by Gasteiger charge is 2.25. The average molecular weight is 344 g/mol. The maximum Gasteiger partial charge on any atom is 0.409 e. The Balaban J connectivity index is 1.55. The Morgan fingerprint density at radius 3 is 2.16 bits per heavy atom. The van der Waals surface area contributed by atoms with E-state index in [1.165, 1.54) is 37.7 Å². The molecule has 1 saturated heterocycles. The van der Waals surface area contributed by atoms with E-state index < -0.39 is 0 Å². The quantitative estimate of drug-likeness (QED) is 0.841. The molecule has 2 aliphatic rings. The molecular weight excluding hydrogens is 316 g/mol. The number of piperazine rings is 1. The van der Waals surface area contributed by atoms with Crippen molar-refractivity contribution in [2.45, 2.75) is 44.9 Å². The highest BCUT2D eigenvalue weighted by molar-refractivity contribution is 5.94. The monoisotopic (exact) mass is 344 g/mol. The van der Waals surface area contributed by atoms with Crippen molar-refractivity contribution in [2.75, 3.05) is 32.8 Å². The van der Waals surface area contributed by atoms with Crippen LogP contribution in [-0.4, -0.2) is 54.6 Å². The number of benzene rings is 1. The molecule has 0 bridgehead atoms. The number of hydrogen-bond acceptors (Lipinski definition) is 3. The van der Waals surface area contributed by atoms with Crippen molar-refractivity contribution in [1.29, 1.82) is 0 Å². The summed E-state index contributed by atoms with van der Waals surface area (Å²) in [7, 11) is 0. The zero-order valence-electron chi connectivity index (χ0n) is 15.1. The van der Waals surface area contributed by atoms with Crippen molar-refractivity contribution < 1.29 is 14.3 Å². The molecule has 0 aromatic heterocycles. The van der Waals surface area contributed by atoms with Gasteiger partial charge in [-0.15, -0.1) is 0 Å². The number of carbonyl (C=O) groups is 2. The van der Waals surface area contributed by atoms with Crippen LogP contribution in [0.4, 0.5) is 4.79 Å². The molecule has 5 heteroatoms. The second kappa shape index (κ2) is 8.37. The van der Waals surface area contributed by atoms with Crippen LogP contribution in [0.3, 0.4) is 0 Å². The third-order valence-electron chi connectivity index (χ3n) is 5.33. The van der Waals surface area contributed by atoms with Crippen LogP contribution in [-0.2, 0) is 4.74 Å². The minimum atomic E-state index is -0.286. The maximum absolute atomic E-state index is 12.7. The first-order valence-electron chi connectivity index (χ1n) is 9.50. The fourth-order valence-electron chi connectivity index (χ4n) is 3.82. The largest absolute Gasteiger partial charge is 0.450 e. The van der Waals surface area contributed by atoms with E-state index in [1.807, 2.05) is 17.0 Å². The minimum Gasteiger partial charge on any atom is -0.450 e. The van der Waals surface area contributed by atoms with E-state index in [-0.39, 0.29) is 12.0 Å². The molecular formula is C20H28N2O3. The van der Waals surface area contributed by atoms with Crippen molar-refractivity contribution in [1.82, 2.24) is 9.80 Å². The van der Waals surface area contributed by atoms with Crippen molar-refractivity contribution in [3.8, 4) is 0 Å². The summed E-state index contributed by atoms with van der Waals surface area (Å²) in [6.45, 7) is 4.36. The minimum absolute atomic E-state index is 0.0544. The molecule has 1 aromatic carbocycles. The predicted octanol–water partition coefficient (Wildman–Crippen LogP) is 3.65. The molecule has 0 radical (unpaired) electrons. The fourth-order valence-corrected chi connectivity index (χ4v) is 3.82. The molecule has 5 nitrogen and oxygen atoms in total. The van der Waals surface area contributed by atoms with Crippen molar-refractivity contribution in [2.24, 2.45) is 0 Å². The van der Waals surface area contributed by atoms with E-state index in [0.29, 0.717) is 38.7 Å². The second-order valence-corrected chi connectivity index (χ2v) is 6.94. The first-order valence-corrected chi connectivity index (χ1v) is 9.50. The lowest BCUT2D eigenvalue weighted by Crippen LogP contribution is -2.50. The molecule has 1 saturated carbocycles. The van der Waals surface area contributed by atoms with E-state index in [2.05, 4.69) is 12.1 Å². The Kier molecular flexibility index (Phi) is 5.95. The zero-order valence-corrected chi connectivity index (χ0v) is 15.1. The van der Waals surface area contributed by atoms with Gasteiger partial charge in [-0.2, -0.15) is 0 Å². The third-order valence-corrected chi connectivity index (χ3v) is 5.33. The van der Waals surface area contributed by atoms with Crippen molar-refractivity contribution in [3.05, 3.63) is 35.4 Å². The molecule has 1 aromatic rings. The second-order valence-electron chi connectivity index (χ2n) is 6.94. The lowest BCUT2D eigenvalue weighted by molar-refractivity contribution is 0.0570. The molecule has 1 aliphatic heterocycles. The van der Waals surface area contributed by atoms with Crippen LogP contribution < -0.4 is 0 Å². The Morgan fingerprint density at radius 2 is 1.56 bits per heavy atom. The van der Waals surface area contributed by atoms with Crippen LogP contribution in [0.15, 0.2) is 24.3 Å². The maximum atomic E-state index is 12.7. The number of rotatable bonds is 3. The summed E-state index contributed by atoms with van der Waals surface area (Å²) in [5, 5.41) is 0. The highest BCUT2D eigenvalue weighted by atomic mass is 16.6. The lowest BCUT2D eigenvalue weighted by Gasteiger charge is -2.34. The molecule has 25 heavy (non-hydrogen) atoms. The average Bonchev–Trinajstić information content (AvgIpc) is 2.68. The standard InChI is InChI=1S/C20H28N2O3/c1-2-25-20(24)22-14-12-21(13-15-22)19(23)18-10-8-17(9-11-18)16-6-4-3-5-7-16/h8-11,16H,2-7,12-15H2,1H3. The summed E-state index contributed by atoms with van der Waals surface area (Å²) in [6, 6.07) is 8.17. The SMILES string of the molecule is CCOC(=O)N1CCN(C(=O)c2ccc(C3CCCCC3)cc2)CC1. The molecule has 2 amide bonds. The first kappa shape index (κ1) is 17.8. The molecule has 0 atom stereocenters. The summed E-state index contributed by atoms with van der Waals surface area (Å²) < 4.78 is 5.02. The van der Waals surface area contributed by atoms with E-state index in [9.17, 15) is 9.59 Å². The van der Waals surface area contributed by atoms with Gasteiger partial charge >= 0.3 is 6.09 Å². The van der Waals surface area contributed by atoms with Crippen LogP contribution in [0.5, 0.6) is 0 Å². The summed E-state index contributed by atoms with van der Waals surface area (Å²) >= 11 is 0. The van der Waals surface area contributed by atoms with Gasteiger partial charge in [0.2, 0.25) is 0 Å². The Morgan fingerprint density at radius 1 is 0.960 bits per heavy atom. The molecule has 1 aliphatic carbocycles. The third kappa shape index (κ3) is 4.33. The van der Waals surface area contributed by atoms with Crippen LogP contribution in [0.2, 0.25) is 0 Å². The van der Waals surface area contributed by atoms with E-state index in [0.717, 1.165) is 5.56 Å². The predicted molar refractivity (Wildman–Crippen MR) is 96.8 cm³/mol. The fraction of sp³-hybridized carbons (Fsp3) is 0.600. The molecule has 0 spiro atoms. The van der Waals surface area contributed by atoms with Gasteiger partial charge in [0.05, 0.1) is 6.61 Å². The van der Waals surface area contributed by atoms with E-state index in [1.54, 1.807) is 11.8 Å². The topological polar surface area (TPSA) is 49.9 Å². The van der Waals surface area contributed by atoms with E-state index in [4.69, 9.17) is 4.74 Å². The van der Waals surface area contributed by atoms with Crippen LogP contribution >= 0.6 is 0 Å². The summed E-state index contributed by atoms with van der Waals surface area (Å²) in [5.74, 6) is 0.713. The van der Waals surface area contributed by atoms with Gasteiger partial charge < -0.3 is 14.5 Å². The van der Waals surface area contributed by atoms with Crippen LogP contribution in [0, 0.1) is 0 Å². The van der Waals surface area contributed by atoms with Crippen molar-refractivity contribution >= 4 is 12.0 Å². The molecule has 1 heterocycles. The van der Waals surface area contributed by atoms with Crippen LogP contribution in [0.25, 0.3) is 0 Å². The molecule has 3 rings (SSSR count). The van der Waals surface area contributed by atoms with Gasteiger partial charge in [0.15, 0.2) is 0 Å². The Bertz CT molecular complexity index is 585. The summed E-state index contributed by atoms with van der Waals surface area (Å²) in [6.07, 6.45) is 6.23. The van der Waals surface area contributed by atoms with Crippen molar-refractivity contribution in [3.63, 3.8) is 0 Å². The van der Waals surface area contributed by atoms with Gasteiger partial charge in [0, 0.05) is 31.7 Å². The molecule has 2 fully saturated rings. The van der Waals surface area contributed by atoms with Gasteiger partial charge in [0.25, 0.3) is 5.91 Å². The number of hydrogen-bond donors (Lipinski definition) is 0. The van der Waals surface area contributed by atoms with Crippen LogP contribution in [0.1, 0.15) is 60.9 Å². The van der Waals surface area contributed by atoms with E-state index >= 15 is 0 Å². The summed E-state index contributed by atoms with van der Waals surface area (Å²) in [4.78, 5) is 27.9. The molecule has 0 unspecified atom stereocenters. The number of nitrogens with zero attached hydrogens (tertiary/aromatic N) is 2. The number of ether oxygens (including phenoxy) is 1. The normalized spacial score (nSPS) is 18.9.